The monoisotopic (exact) mass is 241 g/mol. The molecule has 0 amide bonds. The molecule has 0 saturated carbocycles. The van der Waals surface area contributed by atoms with Crippen molar-refractivity contribution in [2.75, 3.05) is 0 Å². The van der Waals surface area contributed by atoms with E-state index < -0.39 is 18.5 Å². The van der Waals surface area contributed by atoms with Crippen LogP contribution in [-0.2, 0) is 0 Å². The number of hydrogen-bond donors (Lipinski definition) is 1. The van der Waals surface area contributed by atoms with Crippen molar-refractivity contribution in [2.45, 2.75) is 19.6 Å². The summed E-state index contributed by atoms with van der Waals surface area (Å²) in [5.74, 6) is -0.615. The molecule has 6 heteroatoms. The van der Waals surface area contributed by atoms with Gasteiger partial charge in [-0.3, -0.25) is 0 Å². The Hall–Kier alpha value is -0.940. The quantitative estimate of drug-likeness (QED) is 0.883. The van der Waals surface area contributed by atoms with E-state index >= 15 is 0 Å². The van der Waals surface area contributed by atoms with E-state index in [-0.39, 0.29) is 23.7 Å². The van der Waals surface area contributed by atoms with Crippen LogP contribution in [0.5, 0.6) is 5.75 Å². The van der Waals surface area contributed by atoms with Gasteiger partial charge in [0, 0.05) is 11.6 Å². The summed E-state index contributed by atoms with van der Waals surface area (Å²) in [4.78, 5) is 0. The fourth-order valence-electron chi connectivity index (χ4n) is 1.05. The molecule has 15 heavy (non-hydrogen) atoms. The van der Waals surface area contributed by atoms with Crippen LogP contribution in [0.25, 0.3) is 0 Å². The van der Waals surface area contributed by atoms with Gasteiger partial charge in [-0.25, -0.2) is 4.39 Å². The highest BCUT2D eigenvalue weighted by molar-refractivity contribution is 5.85. The first kappa shape index (κ1) is 14.1. The molecule has 0 aromatic heterocycles. The van der Waals surface area contributed by atoms with Crippen LogP contribution in [0.2, 0.25) is 0 Å². The van der Waals surface area contributed by atoms with Crippen molar-refractivity contribution in [2.24, 2.45) is 5.73 Å². The van der Waals surface area contributed by atoms with Gasteiger partial charge in [-0.05, 0) is 25.1 Å². The smallest absolute Gasteiger partial charge is 0.387 e. The molecule has 0 spiro atoms. The molecule has 0 fully saturated rings. The summed E-state index contributed by atoms with van der Waals surface area (Å²) in [6, 6.07) is 2.80. The van der Waals surface area contributed by atoms with Gasteiger partial charge in [0.25, 0.3) is 0 Å². The second-order valence-corrected chi connectivity index (χ2v) is 2.85. The molecule has 2 nitrogen and oxygen atoms in total. The van der Waals surface area contributed by atoms with Gasteiger partial charge in [-0.1, -0.05) is 0 Å². The van der Waals surface area contributed by atoms with Crippen LogP contribution < -0.4 is 10.5 Å². The van der Waals surface area contributed by atoms with E-state index in [1.54, 1.807) is 6.92 Å². The summed E-state index contributed by atoms with van der Waals surface area (Å²) >= 11 is 0. The Labute approximate surface area is 91.6 Å². The number of hydrogen-bond acceptors (Lipinski definition) is 2. The molecule has 2 N–H and O–H groups in total. The third-order valence-electron chi connectivity index (χ3n) is 1.68. The van der Waals surface area contributed by atoms with Crippen LogP contribution in [0.1, 0.15) is 18.5 Å². The van der Waals surface area contributed by atoms with E-state index in [9.17, 15) is 13.2 Å². The highest BCUT2D eigenvalue weighted by Crippen LogP contribution is 2.22. The summed E-state index contributed by atoms with van der Waals surface area (Å²) < 4.78 is 40.8. The van der Waals surface area contributed by atoms with Gasteiger partial charge in [0.2, 0.25) is 0 Å². The van der Waals surface area contributed by atoms with Gasteiger partial charge in [0.1, 0.15) is 11.6 Å². The lowest BCUT2D eigenvalue weighted by Crippen LogP contribution is -2.09. The van der Waals surface area contributed by atoms with Crippen molar-refractivity contribution in [1.82, 2.24) is 0 Å². The zero-order valence-electron chi connectivity index (χ0n) is 7.91. The predicted octanol–water partition coefficient (Wildman–Crippen LogP) is 2.87. The molecule has 0 heterocycles. The number of ether oxygens (including phenoxy) is 1. The Morgan fingerprint density at radius 2 is 1.93 bits per heavy atom. The average Bonchev–Trinajstić information content (AvgIpc) is 2.07. The van der Waals surface area contributed by atoms with Crippen LogP contribution in [0, 0.1) is 5.82 Å². The molecule has 0 aliphatic carbocycles. The predicted molar refractivity (Wildman–Crippen MR) is 52.9 cm³/mol. The lowest BCUT2D eigenvalue weighted by molar-refractivity contribution is -0.0499. The summed E-state index contributed by atoms with van der Waals surface area (Å²) in [7, 11) is 0. The minimum atomic E-state index is -2.92. The van der Waals surface area contributed by atoms with Crippen molar-refractivity contribution in [3.63, 3.8) is 0 Å². The molecule has 86 valence electrons. The second kappa shape index (κ2) is 5.82. The van der Waals surface area contributed by atoms with Gasteiger partial charge in [0.05, 0.1) is 0 Å². The first-order chi connectivity index (χ1) is 6.50. The van der Waals surface area contributed by atoms with E-state index in [0.717, 1.165) is 12.1 Å². The molecule has 0 radical (unpaired) electrons. The van der Waals surface area contributed by atoms with Crippen molar-refractivity contribution >= 4 is 12.4 Å². The van der Waals surface area contributed by atoms with Gasteiger partial charge < -0.3 is 10.5 Å². The van der Waals surface area contributed by atoms with Crippen LogP contribution in [0.4, 0.5) is 13.2 Å². The van der Waals surface area contributed by atoms with Crippen LogP contribution in [-0.4, -0.2) is 6.61 Å². The zero-order valence-corrected chi connectivity index (χ0v) is 8.73. The van der Waals surface area contributed by atoms with Gasteiger partial charge in [-0.2, -0.15) is 8.78 Å². The SMILES string of the molecule is CC(N)c1cc(OC(F)F)ccc1F.Cl. The van der Waals surface area contributed by atoms with Gasteiger partial charge in [-0.15, -0.1) is 12.4 Å². The van der Waals surface area contributed by atoms with E-state index in [0.29, 0.717) is 0 Å². The van der Waals surface area contributed by atoms with Crippen LogP contribution in [0.3, 0.4) is 0 Å². The maximum atomic E-state index is 13.0. The minimum Gasteiger partial charge on any atom is -0.435 e. The molecule has 1 aromatic rings. The van der Waals surface area contributed by atoms with E-state index in [4.69, 9.17) is 5.73 Å². The lowest BCUT2D eigenvalue weighted by Gasteiger charge is -2.10. The summed E-state index contributed by atoms with van der Waals surface area (Å²) in [6.07, 6.45) is 0. The number of nitrogens with two attached hydrogens (primary N) is 1. The number of alkyl halides is 2. The van der Waals surface area contributed by atoms with Crippen molar-refractivity contribution in [3.05, 3.63) is 29.6 Å². The Morgan fingerprint density at radius 3 is 2.40 bits per heavy atom. The van der Waals surface area contributed by atoms with Gasteiger partial charge in [0.15, 0.2) is 0 Å². The van der Waals surface area contributed by atoms with Crippen LogP contribution in [0.15, 0.2) is 18.2 Å². The van der Waals surface area contributed by atoms with Gasteiger partial charge >= 0.3 is 6.61 Å². The molecular formula is C9H11ClF3NO. The summed E-state index contributed by atoms with van der Waals surface area (Å²) in [5, 5.41) is 0. The summed E-state index contributed by atoms with van der Waals surface area (Å²) in [6.45, 7) is -1.36. The fourth-order valence-corrected chi connectivity index (χ4v) is 1.05. The average molecular weight is 242 g/mol. The first-order valence-electron chi connectivity index (χ1n) is 4.00. The third-order valence-corrected chi connectivity index (χ3v) is 1.68. The van der Waals surface area contributed by atoms with Crippen molar-refractivity contribution in [3.8, 4) is 5.75 Å². The Morgan fingerprint density at radius 1 is 1.33 bits per heavy atom. The van der Waals surface area contributed by atoms with E-state index in [1.165, 1.54) is 6.07 Å². The molecule has 1 atom stereocenters. The summed E-state index contributed by atoms with van der Waals surface area (Å²) in [5.41, 5.74) is 5.59. The second-order valence-electron chi connectivity index (χ2n) is 2.85. The molecule has 1 unspecified atom stereocenters. The minimum absolute atomic E-state index is 0. The maximum Gasteiger partial charge on any atom is 0.387 e. The molecule has 0 saturated heterocycles. The lowest BCUT2D eigenvalue weighted by atomic mass is 10.1. The molecule has 0 aliphatic rings. The Kier molecular flexibility index (Phi) is 5.46. The highest BCUT2D eigenvalue weighted by atomic mass is 35.5. The Balaban J connectivity index is 0.00000196. The van der Waals surface area contributed by atoms with E-state index in [1.807, 2.05) is 0 Å². The van der Waals surface area contributed by atoms with Crippen molar-refractivity contribution < 1.29 is 17.9 Å². The number of halogens is 4. The molecule has 1 rings (SSSR count). The largest absolute Gasteiger partial charge is 0.435 e. The fraction of sp³-hybridized carbons (Fsp3) is 0.333. The molecule has 0 aliphatic heterocycles. The third kappa shape index (κ3) is 3.97. The van der Waals surface area contributed by atoms with Crippen molar-refractivity contribution in [1.29, 1.82) is 0 Å². The molecule has 1 aromatic carbocycles. The number of rotatable bonds is 3. The first-order valence-corrected chi connectivity index (χ1v) is 4.00. The maximum absolute atomic E-state index is 13.0. The molecular weight excluding hydrogens is 231 g/mol. The number of benzene rings is 1. The van der Waals surface area contributed by atoms with Crippen LogP contribution >= 0.6 is 12.4 Å². The Bertz CT molecular complexity index is 320. The highest BCUT2D eigenvalue weighted by Gasteiger charge is 2.10. The molecule has 0 bridgehead atoms. The topological polar surface area (TPSA) is 35.2 Å². The van der Waals surface area contributed by atoms with E-state index in [2.05, 4.69) is 4.74 Å². The normalized spacial score (nSPS) is 12.1. The standard InChI is InChI=1S/C9H10F3NO.ClH/c1-5(13)7-4-6(14-9(11)12)2-3-8(7)10;/h2-5,9H,13H2,1H3;1H. The zero-order chi connectivity index (χ0) is 10.7.